The molecule has 3 atom stereocenters. The number of esters is 1. The average molecular weight is 267 g/mol. The van der Waals surface area contributed by atoms with E-state index in [0.29, 0.717) is 12.3 Å². The van der Waals surface area contributed by atoms with Gasteiger partial charge in [0.15, 0.2) is 0 Å². The van der Waals surface area contributed by atoms with Crippen molar-refractivity contribution in [3.05, 3.63) is 0 Å². The normalized spacial score (nSPS) is 39.2. The molecule has 1 saturated carbocycles. The van der Waals surface area contributed by atoms with Gasteiger partial charge in [0.1, 0.15) is 11.9 Å². The summed E-state index contributed by atoms with van der Waals surface area (Å²) in [5, 5.41) is 0. The Morgan fingerprint density at radius 2 is 2.25 bits per heavy atom. The van der Waals surface area contributed by atoms with E-state index in [1.807, 2.05) is 0 Å². The molecule has 1 spiro atoms. The zero-order valence-electron chi connectivity index (χ0n) is 9.11. The fraction of sp³-hybridized carbons (Fsp3) is 0.900. The number of carbonyl (C=O) groups excluding carboxylic acids is 1. The van der Waals surface area contributed by atoms with E-state index in [2.05, 4.69) is 6.92 Å². The molecule has 1 aliphatic heterocycles. The molecule has 6 heteroatoms. The van der Waals surface area contributed by atoms with Crippen molar-refractivity contribution in [2.24, 2.45) is 11.3 Å². The lowest BCUT2D eigenvalue weighted by Crippen LogP contribution is -2.33. The molecule has 1 saturated heterocycles. The minimum atomic E-state index is -3.62. The summed E-state index contributed by atoms with van der Waals surface area (Å²) in [5.41, 5.74) is -0.279. The fourth-order valence-corrected chi connectivity index (χ4v) is 4.13. The zero-order valence-corrected chi connectivity index (χ0v) is 10.7. The predicted molar refractivity (Wildman–Crippen MR) is 59.6 cm³/mol. The van der Waals surface area contributed by atoms with E-state index < -0.39 is 15.2 Å². The molecule has 0 radical (unpaired) electrons. The molecule has 1 aliphatic carbocycles. The maximum Gasteiger partial charge on any atom is 0.306 e. The third-order valence-corrected chi connectivity index (χ3v) is 4.77. The topological polar surface area (TPSA) is 60.4 Å². The highest BCUT2D eigenvalue weighted by Gasteiger charge is 2.53. The highest BCUT2D eigenvalue weighted by molar-refractivity contribution is 8.13. The standard InChI is InChI=1S/C10H15ClO4S/c1-7-2-3-10(4-7)5-9(12)15-8(10)6-16(11,13)14/h7-8H,2-6H2,1H3. The summed E-state index contributed by atoms with van der Waals surface area (Å²) in [4.78, 5) is 11.3. The van der Waals surface area contributed by atoms with Gasteiger partial charge in [-0.3, -0.25) is 4.79 Å². The van der Waals surface area contributed by atoms with Crippen molar-refractivity contribution in [3.8, 4) is 0 Å². The number of rotatable bonds is 2. The van der Waals surface area contributed by atoms with E-state index >= 15 is 0 Å². The molecular formula is C10H15ClO4S. The number of carbonyl (C=O) groups is 1. The van der Waals surface area contributed by atoms with Gasteiger partial charge in [-0.15, -0.1) is 0 Å². The van der Waals surface area contributed by atoms with Gasteiger partial charge < -0.3 is 4.74 Å². The monoisotopic (exact) mass is 266 g/mol. The van der Waals surface area contributed by atoms with E-state index in [-0.39, 0.29) is 17.1 Å². The quantitative estimate of drug-likeness (QED) is 0.564. The molecule has 0 N–H and O–H groups in total. The molecule has 2 rings (SSSR count). The Morgan fingerprint density at radius 3 is 2.75 bits per heavy atom. The van der Waals surface area contributed by atoms with Gasteiger partial charge in [-0.2, -0.15) is 0 Å². The number of halogens is 1. The number of ether oxygens (including phenoxy) is 1. The SMILES string of the molecule is CC1CCC2(CC(=O)OC2CS(=O)(=O)Cl)C1. The van der Waals surface area contributed by atoms with E-state index in [1.165, 1.54) is 0 Å². The minimum Gasteiger partial charge on any atom is -0.461 e. The molecule has 0 aromatic rings. The van der Waals surface area contributed by atoms with Crippen LogP contribution in [0, 0.1) is 11.3 Å². The van der Waals surface area contributed by atoms with E-state index in [0.717, 1.165) is 19.3 Å². The van der Waals surface area contributed by atoms with Crippen LogP contribution in [0.1, 0.15) is 32.6 Å². The van der Waals surface area contributed by atoms with Gasteiger partial charge in [0, 0.05) is 16.1 Å². The Kier molecular flexibility index (Phi) is 2.95. The molecule has 0 aromatic heterocycles. The van der Waals surface area contributed by atoms with Crippen LogP contribution in [-0.4, -0.2) is 26.2 Å². The van der Waals surface area contributed by atoms with Crippen LogP contribution in [0.15, 0.2) is 0 Å². The molecule has 2 aliphatic rings. The summed E-state index contributed by atoms with van der Waals surface area (Å²) < 4.78 is 27.3. The maximum atomic E-state index is 11.3. The molecule has 2 fully saturated rings. The van der Waals surface area contributed by atoms with Gasteiger partial charge in [-0.1, -0.05) is 13.3 Å². The van der Waals surface area contributed by atoms with Crippen molar-refractivity contribution in [2.45, 2.75) is 38.7 Å². The number of hydrogen-bond acceptors (Lipinski definition) is 4. The molecule has 0 bridgehead atoms. The van der Waals surface area contributed by atoms with Crippen LogP contribution in [0.2, 0.25) is 0 Å². The molecule has 92 valence electrons. The Morgan fingerprint density at radius 1 is 1.56 bits per heavy atom. The summed E-state index contributed by atoms with van der Waals surface area (Å²) in [7, 11) is 1.62. The number of cyclic esters (lactones) is 1. The molecule has 16 heavy (non-hydrogen) atoms. The average Bonchev–Trinajstić information content (AvgIpc) is 2.56. The van der Waals surface area contributed by atoms with Crippen LogP contribution >= 0.6 is 10.7 Å². The van der Waals surface area contributed by atoms with Crippen molar-refractivity contribution >= 4 is 25.7 Å². The van der Waals surface area contributed by atoms with Gasteiger partial charge in [0.05, 0.1) is 6.42 Å². The van der Waals surface area contributed by atoms with Crippen molar-refractivity contribution in [2.75, 3.05) is 5.75 Å². The smallest absolute Gasteiger partial charge is 0.306 e. The van der Waals surface area contributed by atoms with Crippen molar-refractivity contribution in [1.82, 2.24) is 0 Å². The Bertz CT molecular complexity index is 405. The Balaban J connectivity index is 2.20. The molecule has 1 heterocycles. The molecular weight excluding hydrogens is 252 g/mol. The minimum absolute atomic E-state index is 0.257. The van der Waals surface area contributed by atoms with Gasteiger partial charge in [0.2, 0.25) is 9.05 Å². The van der Waals surface area contributed by atoms with Crippen LogP contribution in [0.25, 0.3) is 0 Å². The van der Waals surface area contributed by atoms with E-state index in [1.54, 1.807) is 0 Å². The summed E-state index contributed by atoms with van der Waals surface area (Å²) in [6, 6.07) is 0. The molecule has 0 aromatic carbocycles. The second kappa shape index (κ2) is 3.88. The third-order valence-electron chi connectivity index (χ3n) is 3.69. The molecule has 0 amide bonds. The second-order valence-electron chi connectivity index (χ2n) is 5.07. The van der Waals surface area contributed by atoms with E-state index in [4.69, 9.17) is 15.4 Å². The van der Waals surface area contributed by atoms with Crippen LogP contribution < -0.4 is 0 Å². The summed E-state index contributed by atoms with van der Waals surface area (Å²) in [6.07, 6.45) is 2.53. The summed E-state index contributed by atoms with van der Waals surface area (Å²) in [6.45, 7) is 2.11. The summed E-state index contributed by atoms with van der Waals surface area (Å²) >= 11 is 0. The van der Waals surface area contributed by atoms with Crippen LogP contribution in [-0.2, 0) is 18.6 Å². The highest BCUT2D eigenvalue weighted by atomic mass is 35.7. The first-order valence-corrected chi connectivity index (χ1v) is 7.90. The van der Waals surface area contributed by atoms with Crippen molar-refractivity contribution < 1.29 is 17.9 Å². The first kappa shape index (κ1) is 12.2. The Labute approximate surface area is 99.7 Å². The van der Waals surface area contributed by atoms with Gasteiger partial charge in [-0.05, 0) is 18.8 Å². The largest absolute Gasteiger partial charge is 0.461 e. The first-order valence-electron chi connectivity index (χ1n) is 5.43. The first-order chi connectivity index (χ1) is 7.31. The third kappa shape index (κ3) is 2.35. The summed E-state index contributed by atoms with van der Waals surface area (Å²) in [5.74, 6) is -0.0260. The predicted octanol–water partition coefficient (Wildman–Crippen LogP) is 1.68. The van der Waals surface area contributed by atoms with Crippen molar-refractivity contribution in [1.29, 1.82) is 0 Å². The lowest BCUT2D eigenvalue weighted by molar-refractivity contribution is -0.140. The Hall–Kier alpha value is -0.290. The highest BCUT2D eigenvalue weighted by Crippen LogP contribution is 2.51. The van der Waals surface area contributed by atoms with Gasteiger partial charge >= 0.3 is 5.97 Å². The lowest BCUT2D eigenvalue weighted by Gasteiger charge is -2.27. The van der Waals surface area contributed by atoms with Crippen LogP contribution in [0.3, 0.4) is 0 Å². The van der Waals surface area contributed by atoms with E-state index in [9.17, 15) is 13.2 Å². The number of hydrogen-bond donors (Lipinski definition) is 0. The van der Waals surface area contributed by atoms with Crippen molar-refractivity contribution in [3.63, 3.8) is 0 Å². The fourth-order valence-electron chi connectivity index (χ4n) is 3.00. The lowest BCUT2D eigenvalue weighted by atomic mass is 9.79. The van der Waals surface area contributed by atoms with Gasteiger partial charge in [-0.25, -0.2) is 8.42 Å². The molecule has 4 nitrogen and oxygen atoms in total. The zero-order chi connectivity index (χ0) is 12.0. The molecule has 3 unspecified atom stereocenters. The maximum absolute atomic E-state index is 11.3. The van der Waals surface area contributed by atoms with Crippen LogP contribution in [0.5, 0.6) is 0 Å². The van der Waals surface area contributed by atoms with Crippen LogP contribution in [0.4, 0.5) is 0 Å². The second-order valence-corrected chi connectivity index (χ2v) is 7.89. The van der Waals surface area contributed by atoms with Gasteiger partial charge in [0.25, 0.3) is 0 Å².